The van der Waals surface area contributed by atoms with Crippen LogP contribution < -0.4 is 9.46 Å². The number of sulfonamides is 1. The second kappa shape index (κ2) is 6.28. The van der Waals surface area contributed by atoms with Crippen molar-refractivity contribution in [3.8, 4) is 5.75 Å². The van der Waals surface area contributed by atoms with Crippen LogP contribution in [0.4, 0.5) is 0 Å². The summed E-state index contributed by atoms with van der Waals surface area (Å²) >= 11 is 0. The number of carbonyl (C=O) groups excluding carboxylic acids is 1. The van der Waals surface area contributed by atoms with Gasteiger partial charge in [0.2, 0.25) is 5.91 Å². The lowest BCUT2D eigenvalue weighted by atomic mass is 10.1. The number of rotatable bonds is 5. The van der Waals surface area contributed by atoms with Crippen LogP contribution in [0.2, 0.25) is 0 Å². The van der Waals surface area contributed by atoms with Gasteiger partial charge < -0.3 is 4.74 Å². The zero-order valence-corrected chi connectivity index (χ0v) is 14.3. The molecule has 0 unspecified atom stereocenters. The van der Waals surface area contributed by atoms with E-state index < -0.39 is 15.9 Å². The first-order valence-electron chi connectivity index (χ1n) is 7.68. The molecule has 2 aromatic rings. The number of ether oxygens (including phenoxy) is 1. The highest BCUT2D eigenvalue weighted by molar-refractivity contribution is 7.90. The average molecular weight is 345 g/mol. The van der Waals surface area contributed by atoms with Crippen LogP contribution in [0.15, 0.2) is 53.4 Å². The Morgan fingerprint density at radius 2 is 1.92 bits per heavy atom. The molecule has 0 heterocycles. The minimum Gasteiger partial charge on any atom is -0.497 e. The summed E-state index contributed by atoms with van der Waals surface area (Å²) < 4.78 is 31.9. The highest BCUT2D eigenvalue weighted by Gasteiger charge is 2.45. The number of methoxy groups -OCH3 is 1. The molecule has 1 fully saturated rings. The standard InChI is InChI=1S/C18H19NO4S/c1-12-5-3-6-13(9-12)16-11-17(16)18(20)19-24(21,22)15-8-4-7-14(10-15)23-2/h3-10,16-17H,11H2,1-2H3,(H,19,20)/t16-,17+/m0/s1. The Morgan fingerprint density at radius 1 is 1.17 bits per heavy atom. The molecule has 0 bridgehead atoms. The fraction of sp³-hybridized carbons (Fsp3) is 0.278. The number of amides is 1. The van der Waals surface area contributed by atoms with E-state index in [1.165, 1.54) is 19.2 Å². The maximum atomic E-state index is 12.4. The van der Waals surface area contributed by atoms with Gasteiger partial charge in [0.25, 0.3) is 10.0 Å². The number of hydrogen-bond acceptors (Lipinski definition) is 4. The van der Waals surface area contributed by atoms with Gasteiger partial charge in [0.1, 0.15) is 5.75 Å². The molecule has 0 radical (unpaired) electrons. The third-order valence-electron chi connectivity index (χ3n) is 4.18. The van der Waals surface area contributed by atoms with E-state index in [9.17, 15) is 13.2 Å². The van der Waals surface area contributed by atoms with Gasteiger partial charge in [0.05, 0.1) is 12.0 Å². The van der Waals surface area contributed by atoms with Crippen molar-refractivity contribution in [3.63, 3.8) is 0 Å². The SMILES string of the molecule is COc1cccc(S(=O)(=O)NC(=O)[C@@H]2C[C@H]2c2cccc(C)c2)c1. The zero-order valence-electron chi connectivity index (χ0n) is 13.5. The zero-order chi connectivity index (χ0) is 17.3. The lowest BCUT2D eigenvalue weighted by molar-refractivity contribution is -0.120. The number of benzene rings is 2. The van der Waals surface area contributed by atoms with Crippen LogP contribution in [0.25, 0.3) is 0 Å². The predicted octanol–water partition coefficient (Wildman–Crippen LogP) is 2.61. The summed E-state index contributed by atoms with van der Waals surface area (Å²) in [6, 6.07) is 14.0. The summed E-state index contributed by atoms with van der Waals surface area (Å²) in [6.45, 7) is 1.99. The second-order valence-electron chi connectivity index (χ2n) is 6.01. The van der Waals surface area contributed by atoms with Crippen LogP contribution in [0.3, 0.4) is 0 Å². The van der Waals surface area contributed by atoms with E-state index in [0.717, 1.165) is 11.1 Å². The van der Waals surface area contributed by atoms with Crippen molar-refractivity contribution < 1.29 is 17.9 Å². The predicted molar refractivity (Wildman–Crippen MR) is 90.3 cm³/mol. The van der Waals surface area contributed by atoms with Crippen LogP contribution in [0.1, 0.15) is 23.5 Å². The Hall–Kier alpha value is -2.34. The molecule has 6 heteroatoms. The average Bonchev–Trinajstić information content (AvgIpc) is 3.35. The van der Waals surface area contributed by atoms with Gasteiger partial charge in [0, 0.05) is 12.0 Å². The van der Waals surface area contributed by atoms with E-state index in [0.29, 0.717) is 12.2 Å². The highest BCUT2D eigenvalue weighted by Crippen LogP contribution is 2.47. The lowest BCUT2D eigenvalue weighted by Gasteiger charge is -2.08. The number of aryl methyl sites for hydroxylation is 1. The smallest absolute Gasteiger partial charge is 0.264 e. The Balaban J connectivity index is 1.71. The normalized spacial score (nSPS) is 19.6. The molecular formula is C18H19NO4S. The Bertz CT molecular complexity index is 876. The highest BCUT2D eigenvalue weighted by atomic mass is 32.2. The van der Waals surface area contributed by atoms with E-state index in [1.54, 1.807) is 12.1 Å². The molecule has 2 atom stereocenters. The van der Waals surface area contributed by atoms with Crippen LogP contribution in [0.5, 0.6) is 5.75 Å². The summed E-state index contributed by atoms with van der Waals surface area (Å²) in [4.78, 5) is 12.3. The first kappa shape index (κ1) is 16.5. The molecule has 2 aromatic carbocycles. The molecule has 1 N–H and O–H groups in total. The molecule has 1 saturated carbocycles. The van der Waals surface area contributed by atoms with Gasteiger partial charge in [-0.05, 0) is 37.0 Å². The van der Waals surface area contributed by atoms with Crippen molar-refractivity contribution in [1.29, 1.82) is 0 Å². The number of carbonyl (C=O) groups is 1. The van der Waals surface area contributed by atoms with Crippen molar-refractivity contribution >= 4 is 15.9 Å². The summed E-state index contributed by atoms with van der Waals surface area (Å²) in [5.74, 6) is -0.240. The summed E-state index contributed by atoms with van der Waals surface area (Å²) in [5, 5.41) is 0. The molecule has 126 valence electrons. The molecule has 1 aliphatic rings. The molecule has 5 nitrogen and oxygen atoms in total. The summed E-state index contributed by atoms with van der Waals surface area (Å²) in [7, 11) is -2.43. The maximum absolute atomic E-state index is 12.4. The molecule has 0 spiro atoms. The van der Waals surface area contributed by atoms with E-state index in [2.05, 4.69) is 4.72 Å². The molecule has 24 heavy (non-hydrogen) atoms. The van der Waals surface area contributed by atoms with Crippen molar-refractivity contribution in [2.75, 3.05) is 7.11 Å². The first-order chi connectivity index (χ1) is 11.4. The van der Waals surface area contributed by atoms with Gasteiger partial charge >= 0.3 is 0 Å². The van der Waals surface area contributed by atoms with Crippen LogP contribution in [-0.4, -0.2) is 21.4 Å². The topological polar surface area (TPSA) is 72.5 Å². The van der Waals surface area contributed by atoms with E-state index in [-0.39, 0.29) is 16.7 Å². The van der Waals surface area contributed by atoms with Gasteiger partial charge in [-0.2, -0.15) is 0 Å². The van der Waals surface area contributed by atoms with Crippen molar-refractivity contribution in [1.82, 2.24) is 4.72 Å². The number of nitrogens with one attached hydrogen (secondary N) is 1. The minimum atomic E-state index is -3.89. The summed E-state index contributed by atoms with van der Waals surface area (Å²) in [6.07, 6.45) is 0.670. The van der Waals surface area contributed by atoms with Crippen LogP contribution >= 0.6 is 0 Å². The second-order valence-corrected chi connectivity index (χ2v) is 7.69. The molecular weight excluding hydrogens is 326 g/mol. The molecule has 3 rings (SSSR count). The van der Waals surface area contributed by atoms with Gasteiger partial charge in [-0.25, -0.2) is 13.1 Å². The Labute approximate surface area is 141 Å². The van der Waals surface area contributed by atoms with Gasteiger partial charge in [0.15, 0.2) is 0 Å². The van der Waals surface area contributed by atoms with Gasteiger partial charge in [-0.1, -0.05) is 35.9 Å². The molecule has 1 aliphatic carbocycles. The monoisotopic (exact) mass is 345 g/mol. The third-order valence-corrected chi connectivity index (χ3v) is 5.53. The fourth-order valence-corrected chi connectivity index (χ4v) is 3.85. The third kappa shape index (κ3) is 3.43. The first-order valence-corrected chi connectivity index (χ1v) is 9.16. The quantitative estimate of drug-likeness (QED) is 0.904. The maximum Gasteiger partial charge on any atom is 0.264 e. The molecule has 0 saturated heterocycles. The molecule has 0 aromatic heterocycles. The number of hydrogen-bond donors (Lipinski definition) is 1. The Morgan fingerprint density at radius 3 is 2.62 bits per heavy atom. The van der Waals surface area contributed by atoms with Crippen molar-refractivity contribution in [2.45, 2.75) is 24.2 Å². The molecule has 1 amide bonds. The summed E-state index contributed by atoms with van der Waals surface area (Å²) in [5.41, 5.74) is 2.21. The van der Waals surface area contributed by atoms with Crippen molar-refractivity contribution in [3.05, 3.63) is 59.7 Å². The van der Waals surface area contributed by atoms with Gasteiger partial charge in [-0.3, -0.25) is 4.79 Å². The largest absolute Gasteiger partial charge is 0.497 e. The van der Waals surface area contributed by atoms with E-state index in [1.807, 2.05) is 31.2 Å². The minimum absolute atomic E-state index is 0.0166. The van der Waals surface area contributed by atoms with E-state index in [4.69, 9.17) is 4.74 Å². The lowest BCUT2D eigenvalue weighted by Crippen LogP contribution is -2.32. The van der Waals surface area contributed by atoms with Crippen molar-refractivity contribution in [2.24, 2.45) is 5.92 Å². The Kier molecular flexibility index (Phi) is 4.32. The fourth-order valence-electron chi connectivity index (χ4n) is 2.79. The van der Waals surface area contributed by atoms with E-state index >= 15 is 0 Å². The molecule has 0 aliphatic heterocycles. The van der Waals surface area contributed by atoms with Crippen LogP contribution in [-0.2, 0) is 14.8 Å². The van der Waals surface area contributed by atoms with Crippen LogP contribution in [0, 0.1) is 12.8 Å². The van der Waals surface area contributed by atoms with Gasteiger partial charge in [-0.15, -0.1) is 0 Å².